The molecule has 0 spiro atoms. The summed E-state index contributed by atoms with van der Waals surface area (Å²) in [6, 6.07) is 11.2. The molecule has 0 aromatic heterocycles. The van der Waals surface area contributed by atoms with Gasteiger partial charge in [-0.1, -0.05) is 0 Å². The number of fused-ring (bicyclic) bond motifs is 1. The molecular formula is C24H40OSn. The number of hydrogen-bond donors (Lipinski definition) is 1. The Morgan fingerprint density at radius 3 is 1.92 bits per heavy atom. The number of aliphatic hydroxyl groups is 1. The van der Waals surface area contributed by atoms with Gasteiger partial charge >= 0.3 is 166 Å². The second kappa shape index (κ2) is 8.99. The van der Waals surface area contributed by atoms with E-state index in [1.54, 1.807) is 13.3 Å². The summed E-state index contributed by atoms with van der Waals surface area (Å²) in [6.45, 7) is 7.11. The molecule has 0 amide bonds. The third-order valence-electron chi connectivity index (χ3n) is 7.80. The Hall–Kier alpha value is -0.0213. The normalized spacial score (nSPS) is 30.4. The predicted octanol–water partition coefficient (Wildman–Crippen LogP) is 6.93. The summed E-state index contributed by atoms with van der Waals surface area (Å²) >= 11 is -2.34. The van der Waals surface area contributed by atoms with Gasteiger partial charge in [0.15, 0.2) is 0 Å². The fourth-order valence-corrected chi connectivity index (χ4v) is 28.6. The molecule has 26 heavy (non-hydrogen) atoms. The molecule has 2 heteroatoms. The molecular weight excluding hydrogens is 423 g/mol. The van der Waals surface area contributed by atoms with Gasteiger partial charge in [-0.05, 0) is 0 Å². The van der Waals surface area contributed by atoms with Crippen molar-refractivity contribution in [3.05, 3.63) is 35.9 Å². The van der Waals surface area contributed by atoms with Crippen LogP contribution in [0.5, 0.6) is 0 Å². The number of aliphatic hydroxyl groups excluding tert-OH is 1. The Labute approximate surface area is 165 Å². The second-order valence-electron chi connectivity index (χ2n) is 9.27. The molecule has 1 nitrogen and oxygen atoms in total. The summed E-state index contributed by atoms with van der Waals surface area (Å²) in [7, 11) is 0. The molecule has 0 saturated heterocycles. The molecule has 4 rings (SSSR count). The van der Waals surface area contributed by atoms with Crippen molar-refractivity contribution < 1.29 is 5.11 Å². The Kier molecular flexibility index (Phi) is 7.16. The van der Waals surface area contributed by atoms with Gasteiger partial charge in [0.2, 0.25) is 0 Å². The Bertz CT molecular complexity index is 535. The summed E-state index contributed by atoms with van der Waals surface area (Å²) in [5.41, 5.74) is 1.61. The summed E-state index contributed by atoms with van der Waals surface area (Å²) in [5.74, 6) is 0.839. The molecule has 0 radical (unpaired) electrons. The fourth-order valence-electron chi connectivity index (χ4n) is 6.71. The van der Waals surface area contributed by atoms with Crippen molar-refractivity contribution in [3.8, 4) is 0 Å². The molecule has 146 valence electrons. The van der Waals surface area contributed by atoms with Crippen LogP contribution in [0.1, 0.15) is 77.7 Å². The van der Waals surface area contributed by atoms with Crippen LogP contribution < -0.4 is 0 Å². The zero-order chi connectivity index (χ0) is 18.6. The van der Waals surface area contributed by atoms with Crippen molar-refractivity contribution in [1.82, 2.24) is 0 Å². The van der Waals surface area contributed by atoms with E-state index in [-0.39, 0.29) is 11.5 Å². The van der Waals surface area contributed by atoms with Crippen LogP contribution in [0.2, 0.25) is 17.2 Å². The molecule has 0 heterocycles. The maximum atomic E-state index is 11.2. The number of rotatable bonds is 11. The predicted molar refractivity (Wildman–Crippen MR) is 115 cm³/mol. The molecule has 1 aromatic carbocycles. The summed E-state index contributed by atoms with van der Waals surface area (Å²) in [4.78, 5) is 0. The molecule has 3 aliphatic rings. The van der Waals surface area contributed by atoms with Crippen LogP contribution >= 0.6 is 0 Å². The molecule has 1 aromatic rings. The Balaban J connectivity index is 1.98. The third-order valence-corrected chi connectivity index (χ3v) is 25.9. The molecule has 1 N–H and O–H groups in total. The van der Waals surface area contributed by atoms with Crippen LogP contribution in [-0.4, -0.2) is 29.6 Å². The summed E-state index contributed by atoms with van der Waals surface area (Å²) in [6.07, 6.45) is 10.6. The first kappa shape index (κ1) is 20.7. The van der Waals surface area contributed by atoms with E-state index in [0.29, 0.717) is 0 Å². The van der Waals surface area contributed by atoms with Gasteiger partial charge < -0.3 is 0 Å². The zero-order valence-electron chi connectivity index (χ0n) is 17.3. The minimum atomic E-state index is -2.34. The quantitative estimate of drug-likeness (QED) is 0.353. The van der Waals surface area contributed by atoms with Crippen LogP contribution in [0, 0.1) is 5.92 Å². The van der Waals surface area contributed by atoms with Crippen molar-refractivity contribution in [2.45, 2.75) is 101 Å². The standard InChI is InChI=1S/C12H13O.3C4H9.Sn/c13-11-6-9-7-12(11,8-9)10-4-2-1-3-5-10;3*1-3-4-2;/h1-5,7,9,11,13H,6,8H2;3*1,3-4H2,2H3;/t9-,11-,12+;;;;/m0..../s1. The van der Waals surface area contributed by atoms with Gasteiger partial charge in [0.1, 0.15) is 0 Å². The average Bonchev–Trinajstić information content (AvgIpc) is 3.15. The third kappa shape index (κ3) is 3.52. The van der Waals surface area contributed by atoms with E-state index >= 15 is 0 Å². The molecule has 0 aliphatic heterocycles. The van der Waals surface area contributed by atoms with Crippen molar-refractivity contribution >= 4 is 18.4 Å². The van der Waals surface area contributed by atoms with E-state index in [0.717, 1.165) is 16.3 Å². The van der Waals surface area contributed by atoms with Crippen molar-refractivity contribution in [2.75, 3.05) is 0 Å². The van der Waals surface area contributed by atoms with Crippen LogP contribution in [0.15, 0.2) is 30.3 Å². The van der Waals surface area contributed by atoms with Crippen molar-refractivity contribution in [3.63, 3.8) is 0 Å². The van der Waals surface area contributed by atoms with Crippen molar-refractivity contribution in [2.24, 2.45) is 5.92 Å². The van der Waals surface area contributed by atoms with E-state index in [1.165, 1.54) is 50.5 Å². The van der Waals surface area contributed by atoms with Crippen LogP contribution in [0.25, 0.3) is 0 Å². The van der Waals surface area contributed by atoms with Gasteiger partial charge in [0.05, 0.1) is 0 Å². The molecule has 3 aliphatic carbocycles. The SMILES string of the molecule is CCC[CH2][Sn]([CH2]CCC)([CH2]CCC)[C@@H]1[C@@H]2C[C@H](O)[C@@]1(c1ccccc1)C2. The summed E-state index contributed by atoms with van der Waals surface area (Å²) < 4.78 is 5.63. The number of unbranched alkanes of at least 4 members (excludes halogenated alkanes) is 3. The molecule has 0 unspecified atom stereocenters. The Morgan fingerprint density at radius 1 is 0.923 bits per heavy atom. The van der Waals surface area contributed by atoms with E-state index < -0.39 is 18.4 Å². The van der Waals surface area contributed by atoms with Crippen LogP contribution in [0.3, 0.4) is 0 Å². The summed E-state index contributed by atoms with van der Waals surface area (Å²) in [5, 5.41) is 11.2. The number of benzene rings is 1. The first-order chi connectivity index (χ1) is 12.6. The fraction of sp³-hybridized carbons (Fsp3) is 0.750. The van der Waals surface area contributed by atoms with Crippen molar-refractivity contribution in [1.29, 1.82) is 0 Å². The first-order valence-electron chi connectivity index (χ1n) is 11.4. The number of hydrogen-bond acceptors (Lipinski definition) is 1. The average molecular weight is 463 g/mol. The molecule has 4 atom stereocenters. The molecule has 3 fully saturated rings. The maximum absolute atomic E-state index is 11.2. The van der Waals surface area contributed by atoms with E-state index in [2.05, 4.69) is 51.1 Å². The second-order valence-corrected chi connectivity index (χ2v) is 23.1. The van der Waals surface area contributed by atoms with Crippen LogP contribution in [-0.2, 0) is 5.41 Å². The van der Waals surface area contributed by atoms with E-state index in [9.17, 15) is 5.11 Å². The van der Waals surface area contributed by atoms with Gasteiger partial charge in [0.25, 0.3) is 0 Å². The minimum absolute atomic E-state index is 0.0825. The zero-order valence-corrected chi connectivity index (χ0v) is 20.2. The molecule has 2 bridgehead atoms. The van der Waals surface area contributed by atoms with Gasteiger partial charge in [-0.25, -0.2) is 0 Å². The van der Waals surface area contributed by atoms with Gasteiger partial charge in [-0.2, -0.15) is 0 Å². The van der Waals surface area contributed by atoms with Crippen LogP contribution in [0.4, 0.5) is 0 Å². The first-order valence-corrected chi connectivity index (χ1v) is 19.1. The monoisotopic (exact) mass is 464 g/mol. The topological polar surface area (TPSA) is 20.2 Å². The van der Waals surface area contributed by atoms with Gasteiger partial charge in [-0.15, -0.1) is 0 Å². The van der Waals surface area contributed by atoms with Gasteiger partial charge in [0, 0.05) is 0 Å². The molecule has 3 saturated carbocycles. The van der Waals surface area contributed by atoms with E-state index in [4.69, 9.17) is 0 Å². The Morgan fingerprint density at radius 2 is 1.46 bits per heavy atom. The van der Waals surface area contributed by atoms with Gasteiger partial charge in [-0.3, -0.25) is 0 Å². The van der Waals surface area contributed by atoms with E-state index in [1.807, 2.05) is 0 Å².